The number of rotatable bonds is 5. The van der Waals surface area contributed by atoms with E-state index >= 15 is 0 Å². The lowest BCUT2D eigenvalue weighted by Crippen LogP contribution is -2.26. The van der Waals surface area contributed by atoms with Crippen molar-refractivity contribution < 1.29 is 13.6 Å². The Morgan fingerprint density at radius 3 is 2.59 bits per heavy atom. The number of nitrogens with one attached hydrogen (secondary N) is 1. The first-order chi connectivity index (χ1) is 12.9. The van der Waals surface area contributed by atoms with Gasteiger partial charge < -0.3 is 5.32 Å². The molecule has 0 aliphatic heterocycles. The highest BCUT2D eigenvalue weighted by atomic mass is 19.1. The summed E-state index contributed by atoms with van der Waals surface area (Å²) in [7, 11) is 1.86. The molecule has 1 amide bonds. The van der Waals surface area contributed by atoms with Crippen LogP contribution in [0.2, 0.25) is 0 Å². The van der Waals surface area contributed by atoms with Gasteiger partial charge in [-0.25, -0.2) is 8.78 Å². The van der Waals surface area contributed by atoms with E-state index in [1.165, 1.54) is 12.1 Å². The SMILES string of the molecule is Cc1cnc(C(=O)NCCc2ccc(F)cc2F)cc1-c1cnn(C)c1C. The molecule has 0 aliphatic carbocycles. The monoisotopic (exact) mass is 370 g/mol. The molecule has 1 N–H and O–H groups in total. The molecule has 7 heteroatoms. The molecule has 1 aromatic carbocycles. The van der Waals surface area contributed by atoms with Gasteiger partial charge in [0.25, 0.3) is 5.91 Å². The minimum atomic E-state index is -0.623. The Hall–Kier alpha value is -3.09. The maximum atomic E-state index is 13.6. The van der Waals surface area contributed by atoms with Crippen molar-refractivity contribution in [2.75, 3.05) is 6.54 Å². The van der Waals surface area contributed by atoms with E-state index in [0.717, 1.165) is 28.5 Å². The number of carbonyl (C=O) groups excluding carboxylic acids is 1. The summed E-state index contributed by atoms with van der Waals surface area (Å²) >= 11 is 0. The van der Waals surface area contributed by atoms with Crippen LogP contribution in [0.25, 0.3) is 11.1 Å². The normalized spacial score (nSPS) is 10.9. The minimum Gasteiger partial charge on any atom is -0.350 e. The highest BCUT2D eigenvalue weighted by Gasteiger charge is 2.14. The van der Waals surface area contributed by atoms with Crippen molar-refractivity contribution in [1.29, 1.82) is 0 Å². The summed E-state index contributed by atoms with van der Waals surface area (Å²) in [5.74, 6) is -1.59. The lowest BCUT2D eigenvalue weighted by Gasteiger charge is -2.09. The van der Waals surface area contributed by atoms with Gasteiger partial charge >= 0.3 is 0 Å². The van der Waals surface area contributed by atoms with Crippen LogP contribution in [0.3, 0.4) is 0 Å². The zero-order valence-electron chi connectivity index (χ0n) is 15.4. The molecule has 0 spiro atoms. The average Bonchev–Trinajstić information content (AvgIpc) is 2.96. The summed E-state index contributed by atoms with van der Waals surface area (Å²) in [5.41, 5.74) is 4.39. The van der Waals surface area contributed by atoms with Gasteiger partial charge in [-0.3, -0.25) is 14.5 Å². The number of amides is 1. The highest BCUT2D eigenvalue weighted by molar-refractivity contribution is 5.93. The molecule has 0 saturated heterocycles. The van der Waals surface area contributed by atoms with Crippen molar-refractivity contribution in [2.45, 2.75) is 20.3 Å². The molecule has 0 saturated carbocycles. The molecule has 3 aromatic rings. The summed E-state index contributed by atoms with van der Waals surface area (Å²) in [6.07, 6.45) is 3.67. The predicted octanol–water partition coefficient (Wildman–Crippen LogP) is 3.35. The second kappa shape index (κ2) is 7.65. The molecule has 3 rings (SSSR count). The van der Waals surface area contributed by atoms with Crippen LogP contribution in [0, 0.1) is 25.5 Å². The average molecular weight is 370 g/mol. The fraction of sp³-hybridized carbons (Fsp3) is 0.250. The Bertz CT molecular complexity index is 998. The smallest absolute Gasteiger partial charge is 0.269 e. The van der Waals surface area contributed by atoms with Gasteiger partial charge in [-0.15, -0.1) is 0 Å². The fourth-order valence-corrected chi connectivity index (χ4v) is 2.83. The molecule has 0 aliphatic rings. The van der Waals surface area contributed by atoms with Crippen molar-refractivity contribution >= 4 is 5.91 Å². The van der Waals surface area contributed by atoms with Gasteiger partial charge in [-0.05, 0) is 49.1 Å². The van der Waals surface area contributed by atoms with Gasteiger partial charge in [0.15, 0.2) is 0 Å². The van der Waals surface area contributed by atoms with E-state index in [1.807, 2.05) is 20.9 Å². The van der Waals surface area contributed by atoms with Gasteiger partial charge in [0.2, 0.25) is 0 Å². The largest absolute Gasteiger partial charge is 0.350 e. The predicted molar refractivity (Wildman–Crippen MR) is 98.3 cm³/mol. The van der Waals surface area contributed by atoms with Gasteiger partial charge in [-0.1, -0.05) is 6.07 Å². The zero-order valence-corrected chi connectivity index (χ0v) is 15.4. The van der Waals surface area contributed by atoms with E-state index in [4.69, 9.17) is 0 Å². The van der Waals surface area contributed by atoms with Crippen LogP contribution in [0.5, 0.6) is 0 Å². The summed E-state index contributed by atoms with van der Waals surface area (Å²) in [5, 5.41) is 6.96. The Morgan fingerprint density at radius 2 is 1.93 bits per heavy atom. The molecular formula is C20H20F2N4O. The number of halogens is 2. The molecule has 0 fully saturated rings. The van der Waals surface area contributed by atoms with Gasteiger partial charge in [-0.2, -0.15) is 5.10 Å². The Morgan fingerprint density at radius 1 is 1.15 bits per heavy atom. The molecular weight excluding hydrogens is 350 g/mol. The summed E-state index contributed by atoms with van der Waals surface area (Å²) in [6, 6.07) is 5.14. The lowest BCUT2D eigenvalue weighted by molar-refractivity contribution is 0.0949. The quantitative estimate of drug-likeness (QED) is 0.749. The fourth-order valence-electron chi connectivity index (χ4n) is 2.83. The number of benzene rings is 1. The van der Waals surface area contributed by atoms with E-state index in [1.54, 1.807) is 23.1 Å². The third-order valence-electron chi connectivity index (χ3n) is 4.56. The number of aromatic nitrogens is 3. The summed E-state index contributed by atoms with van der Waals surface area (Å²) < 4.78 is 28.4. The maximum absolute atomic E-state index is 13.6. The van der Waals surface area contributed by atoms with Crippen LogP contribution in [0.1, 0.15) is 27.3 Å². The maximum Gasteiger partial charge on any atom is 0.269 e. The van der Waals surface area contributed by atoms with E-state index in [0.29, 0.717) is 5.56 Å². The number of nitrogens with zero attached hydrogens (tertiary/aromatic N) is 3. The van der Waals surface area contributed by atoms with E-state index < -0.39 is 11.6 Å². The Labute approximate surface area is 156 Å². The molecule has 0 unspecified atom stereocenters. The van der Waals surface area contributed by atoms with Crippen LogP contribution < -0.4 is 5.32 Å². The van der Waals surface area contributed by atoms with E-state index in [9.17, 15) is 13.6 Å². The standard InChI is InChI=1S/C20H20F2N4O/c1-12-10-24-19(9-16(12)17-11-25-26(3)13(17)2)20(27)23-7-6-14-4-5-15(21)8-18(14)22/h4-5,8-11H,6-7H2,1-3H3,(H,23,27). The van der Waals surface area contributed by atoms with Gasteiger partial charge in [0, 0.05) is 37.1 Å². The van der Waals surface area contributed by atoms with Crippen molar-refractivity contribution in [3.8, 4) is 11.1 Å². The minimum absolute atomic E-state index is 0.220. The van der Waals surface area contributed by atoms with E-state index in [2.05, 4.69) is 15.4 Å². The third-order valence-corrected chi connectivity index (χ3v) is 4.56. The van der Waals surface area contributed by atoms with Crippen LogP contribution in [-0.4, -0.2) is 27.2 Å². The van der Waals surface area contributed by atoms with Crippen molar-refractivity contribution in [3.63, 3.8) is 0 Å². The Balaban J connectivity index is 1.72. The molecule has 0 bridgehead atoms. The molecule has 2 heterocycles. The lowest BCUT2D eigenvalue weighted by atomic mass is 10.0. The van der Waals surface area contributed by atoms with Crippen LogP contribution in [0.15, 0.2) is 36.7 Å². The Kier molecular flexibility index (Phi) is 5.30. The van der Waals surface area contributed by atoms with Crippen LogP contribution in [-0.2, 0) is 13.5 Å². The molecule has 5 nitrogen and oxygen atoms in total. The van der Waals surface area contributed by atoms with Gasteiger partial charge in [0.05, 0.1) is 6.20 Å². The van der Waals surface area contributed by atoms with Crippen molar-refractivity contribution in [1.82, 2.24) is 20.1 Å². The number of carbonyl (C=O) groups is 1. The number of pyridine rings is 1. The molecule has 140 valence electrons. The van der Waals surface area contributed by atoms with Crippen LogP contribution in [0.4, 0.5) is 8.78 Å². The molecule has 2 aromatic heterocycles. The summed E-state index contributed by atoms with van der Waals surface area (Å²) in [6.45, 7) is 4.10. The van der Waals surface area contributed by atoms with Crippen molar-refractivity contribution in [2.24, 2.45) is 7.05 Å². The first-order valence-corrected chi connectivity index (χ1v) is 8.54. The third kappa shape index (κ3) is 4.02. The van der Waals surface area contributed by atoms with Crippen LogP contribution >= 0.6 is 0 Å². The first-order valence-electron chi connectivity index (χ1n) is 8.54. The molecule has 0 atom stereocenters. The van der Waals surface area contributed by atoms with Crippen molar-refractivity contribution in [3.05, 3.63) is 70.8 Å². The molecule has 0 radical (unpaired) electrons. The van der Waals surface area contributed by atoms with Gasteiger partial charge in [0.1, 0.15) is 17.3 Å². The summed E-state index contributed by atoms with van der Waals surface area (Å²) in [4.78, 5) is 16.6. The second-order valence-corrected chi connectivity index (χ2v) is 6.39. The zero-order chi connectivity index (χ0) is 19.6. The molecule has 27 heavy (non-hydrogen) atoms. The number of aryl methyl sites for hydroxylation is 2. The number of hydrogen-bond donors (Lipinski definition) is 1. The second-order valence-electron chi connectivity index (χ2n) is 6.39. The number of hydrogen-bond acceptors (Lipinski definition) is 3. The highest BCUT2D eigenvalue weighted by Crippen LogP contribution is 2.26. The van der Waals surface area contributed by atoms with E-state index in [-0.39, 0.29) is 24.6 Å². The first kappa shape index (κ1) is 18.7. The topological polar surface area (TPSA) is 59.8 Å².